The van der Waals surface area contributed by atoms with Crippen molar-refractivity contribution in [2.75, 3.05) is 11.5 Å². The first-order valence-electron chi connectivity index (χ1n) is 11.4. The Balaban J connectivity index is 0.000000504. The molecule has 0 aliphatic carbocycles. The summed E-state index contributed by atoms with van der Waals surface area (Å²) in [6.45, 7) is 2.72. The fraction of sp³-hybridized carbons (Fsp3) is 0.0667. The Morgan fingerprint density at radius 1 is 0.615 bits per heavy atom. The summed E-state index contributed by atoms with van der Waals surface area (Å²) in [4.78, 5) is 29.9. The molecule has 0 radical (unpaired) electrons. The number of hydrogen-bond donors (Lipinski definition) is 2. The second-order valence-electron chi connectivity index (χ2n) is 7.54. The molecule has 0 fully saturated rings. The van der Waals surface area contributed by atoms with Crippen molar-refractivity contribution in [2.45, 2.75) is 13.8 Å². The van der Waals surface area contributed by atoms with Gasteiger partial charge in [-0.3, -0.25) is 19.6 Å². The Morgan fingerprint density at radius 2 is 0.949 bits per heavy atom. The number of allylic oxidation sites excluding steroid dienone is 4. The Morgan fingerprint density at radius 3 is 1.15 bits per heavy atom. The smallest absolute Gasteiger partial charge is 0.876 e. The molecule has 2 aromatic carbocycles. The van der Waals surface area contributed by atoms with E-state index in [0.717, 1.165) is 12.2 Å². The quantitative estimate of drug-likeness (QED) is 0.163. The maximum Gasteiger partial charge on any atom is 2.00 e. The standard InChI is InChI=1S/2C10H10O2.2C5H6N2.Ni/c2*1-8(11)7-10(12)9-5-3-2-4-6-9;2*6-5-2-1-3-7-4-5;/h2*2-7,11H,1H3;2*1-4H,6H2;/q;;;;+2/p-2/b2*8-7-;;;. The van der Waals surface area contributed by atoms with Crippen molar-refractivity contribution in [1.29, 1.82) is 0 Å². The van der Waals surface area contributed by atoms with Crippen LogP contribution in [0, 0.1) is 0 Å². The van der Waals surface area contributed by atoms with Crippen LogP contribution in [0.15, 0.2) is 133 Å². The number of nitrogens with two attached hydrogens (primary N) is 2. The Hall–Kier alpha value is -4.75. The summed E-state index contributed by atoms with van der Waals surface area (Å²) in [5.74, 6) is -0.904. The molecule has 39 heavy (non-hydrogen) atoms. The molecule has 4 rings (SSSR count). The predicted molar refractivity (Wildman–Crippen MR) is 146 cm³/mol. The fourth-order valence-corrected chi connectivity index (χ4v) is 2.49. The van der Waals surface area contributed by atoms with E-state index in [1.165, 1.54) is 13.8 Å². The minimum absolute atomic E-state index is 0. The number of pyridine rings is 2. The van der Waals surface area contributed by atoms with Crippen LogP contribution in [0.1, 0.15) is 34.6 Å². The number of aromatic nitrogens is 2. The summed E-state index contributed by atoms with van der Waals surface area (Å²) in [6.07, 6.45) is 8.79. The van der Waals surface area contributed by atoms with E-state index in [-0.39, 0.29) is 39.6 Å². The number of benzene rings is 2. The molecule has 0 aliphatic rings. The second-order valence-corrected chi connectivity index (χ2v) is 7.54. The van der Waals surface area contributed by atoms with Crippen LogP contribution in [0.4, 0.5) is 11.4 Å². The van der Waals surface area contributed by atoms with Crippen molar-refractivity contribution in [3.05, 3.63) is 145 Å². The van der Waals surface area contributed by atoms with Gasteiger partial charge in [-0.15, -0.1) is 11.5 Å². The van der Waals surface area contributed by atoms with Gasteiger partial charge in [0.2, 0.25) is 0 Å². The number of anilines is 2. The molecular formula is C30H30N4NiO4. The third-order valence-corrected chi connectivity index (χ3v) is 4.15. The summed E-state index contributed by atoms with van der Waals surface area (Å²) >= 11 is 0. The van der Waals surface area contributed by atoms with Gasteiger partial charge in [-0.05, 0) is 36.4 Å². The van der Waals surface area contributed by atoms with E-state index in [4.69, 9.17) is 11.5 Å². The van der Waals surface area contributed by atoms with Crippen molar-refractivity contribution in [3.63, 3.8) is 0 Å². The number of nitrogen functional groups attached to an aromatic ring is 2. The van der Waals surface area contributed by atoms with Gasteiger partial charge in [-0.25, -0.2) is 0 Å². The minimum Gasteiger partial charge on any atom is -0.876 e. The van der Waals surface area contributed by atoms with Crippen LogP contribution in [-0.2, 0) is 16.5 Å². The first kappa shape index (κ1) is 34.3. The normalized spacial score (nSPS) is 10.0. The molecule has 0 spiro atoms. The van der Waals surface area contributed by atoms with Crippen LogP contribution in [0.2, 0.25) is 0 Å². The molecular weight excluding hydrogens is 539 g/mol. The first-order valence-corrected chi connectivity index (χ1v) is 11.4. The molecule has 2 heterocycles. The third kappa shape index (κ3) is 17.4. The molecule has 0 saturated carbocycles. The van der Waals surface area contributed by atoms with E-state index in [1.54, 1.807) is 97.6 Å². The largest absolute Gasteiger partial charge is 2.00 e. The molecule has 0 saturated heterocycles. The van der Waals surface area contributed by atoms with Gasteiger partial charge in [0, 0.05) is 35.9 Å². The molecule has 204 valence electrons. The average molecular weight is 569 g/mol. The van der Waals surface area contributed by atoms with Gasteiger partial charge < -0.3 is 21.7 Å². The van der Waals surface area contributed by atoms with Crippen LogP contribution in [0.5, 0.6) is 0 Å². The zero-order valence-electron chi connectivity index (χ0n) is 21.5. The van der Waals surface area contributed by atoms with Crippen molar-refractivity contribution < 1.29 is 36.3 Å². The summed E-state index contributed by atoms with van der Waals surface area (Å²) in [7, 11) is 0. The SMILES string of the molecule is C/C([O-])=C/C(=O)c1ccccc1.C/C([O-])=C/C(=O)c1ccccc1.Nc1cccnc1.Nc1cccnc1.[Ni+2]. The zero-order chi connectivity index (χ0) is 28.2. The molecule has 0 aliphatic heterocycles. The van der Waals surface area contributed by atoms with Crippen molar-refractivity contribution in [1.82, 2.24) is 9.97 Å². The van der Waals surface area contributed by atoms with Crippen LogP contribution in [-0.4, -0.2) is 21.5 Å². The summed E-state index contributed by atoms with van der Waals surface area (Å²) in [6, 6.07) is 24.6. The van der Waals surface area contributed by atoms with Gasteiger partial charge in [0.1, 0.15) is 0 Å². The molecule has 0 unspecified atom stereocenters. The monoisotopic (exact) mass is 568 g/mol. The van der Waals surface area contributed by atoms with E-state index in [1.807, 2.05) is 12.1 Å². The summed E-state index contributed by atoms with van der Waals surface area (Å²) in [5, 5.41) is 21.1. The number of ketones is 2. The molecule has 0 amide bonds. The molecule has 4 N–H and O–H groups in total. The third-order valence-electron chi connectivity index (χ3n) is 4.15. The Kier molecular flexibility index (Phi) is 17.9. The van der Waals surface area contributed by atoms with E-state index < -0.39 is 0 Å². The van der Waals surface area contributed by atoms with E-state index in [0.29, 0.717) is 22.5 Å². The van der Waals surface area contributed by atoms with E-state index >= 15 is 0 Å². The van der Waals surface area contributed by atoms with Crippen LogP contribution < -0.4 is 21.7 Å². The molecule has 4 aromatic rings. The van der Waals surface area contributed by atoms with Crippen molar-refractivity contribution in [2.24, 2.45) is 0 Å². The molecule has 8 nitrogen and oxygen atoms in total. The minimum atomic E-state index is -0.233. The van der Waals surface area contributed by atoms with Crippen molar-refractivity contribution in [3.8, 4) is 0 Å². The first-order chi connectivity index (χ1) is 18.2. The molecule has 9 heteroatoms. The fourth-order valence-electron chi connectivity index (χ4n) is 2.49. The molecule has 2 aromatic heterocycles. The van der Waals surface area contributed by atoms with Gasteiger partial charge in [0.05, 0.1) is 11.4 Å². The van der Waals surface area contributed by atoms with Crippen molar-refractivity contribution >= 4 is 22.9 Å². The topological polar surface area (TPSA) is 158 Å². The molecule has 0 atom stereocenters. The van der Waals surface area contributed by atoms with Gasteiger partial charge in [-0.1, -0.05) is 74.5 Å². The number of hydrogen-bond acceptors (Lipinski definition) is 8. The predicted octanol–water partition coefficient (Wildman–Crippen LogP) is 3.59. The maximum atomic E-state index is 11.2. The maximum absolute atomic E-state index is 11.2. The Labute approximate surface area is 238 Å². The Bertz CT molecular complexity index is 1170. The second kappa shape index (κ2) is 20.3. The zero-order valence-corrected chi connectivity index (χ0v) is 22.5. The number of carbonyl (C=O) groups is 2. The summed E-state index contributed by atoms with van der Waals surface area (Å²) < 4.78 is 0. The molecule has 0 bridgehead atoms. The van der Waals surface area contributed by atoms with Gasteiger partial charge in [0.25, 0.3) is 0 Å². The van der Waals surface area contributed by atoms with Gasteiger partial charge in [0.15, 0.2) is 11.6 Å². The van der Waals surface area contributed by atoms with Gasteiger partial charge >= 0.3 is 16.5 Å². The van der Waals surface area contributed by atoms with Crippen LogP contribution >= 0.6 is 0 Å². The van der Waals surface area contributed by atoms with Crippen LogP contribution in [0.25, 0.3) is 0 Å². The van der Waals surface area contributed by atoms with Gasteiger partial charge in [-0.2, -0.15) is 0 Å². The number of carbonyl (C=O) groups excluding carboxylic acids is 2. The van der Waals surface area contributed by atoms with E-state index in [9.17, 15) is 19.8 Å². The van der Waals surface area contributed by atoms with E-state index in [2.05, 4.69) is 9.97 Å². The number of rotatable bonds is 4. The van der Waals surface area contributed by atoms with Crippen LogP contribution in [0.3, 0.4) is 0 Å². The number of nitrogens with zero attached hydrogens (tertiary/aromatic N) is 2. The summed E-state index contributed by atoms with van der Waals surface area (Å²) in [5.41, 5.74) is 13.1. The average Bonchev–Trinajstić information content (AvgIpc) is 2.91.